The van der Waals surface area contributed by atoms with E-state index in [0.29, 0.717) is 11.8 Å². The number of benzene rings is 3. The van der Waals surface area contributed by atoms with Crippen molar-refractivity contribution in [3.8, 4) is 53.3 Å². The summed E-state index contributed by atoms with van der Waals surface area (Å²) in [6, 6.07) is 31.3. The van der Waals surface area contributed by atoms with E-state index in [-0.39, 0.29) is 0 Å². The second-order valence-electron chi connectivity index (χ2n) is 13.9. The van der Waals surface area contributed by atoms with Crippen molar-refractivity contribution in [1.82, 2.24) is 0 Å². The third-order valence-corrected chi connectivity index (χ3v) is 14.5. The van der Waals surface area contributed by atoms with Crippen molar-refractivity contribution >= 4 is 65.5 Å². The van der Waals surface area contributed by atoms with Crippen molar-refractivity contribution in [1.29, 1.82) is 0 Å². The zero-order valence-electron chi connectivity index (χ0n) is 30.9. The quantitative estimate of drug-likeness (QED) is 0.0867. The molecule has 6 heteroatoms. The van der Waals surface area contributed by atoms with Crippen LogP contribution in [0.25, 0.3) is 61.9 Å². The van der Waals surface area contributed by atoms with E-state index in [1.54, 1.807) is 0 Å². The van der Waals surface area contributed by atoms with Gasteiger partial charge in [0, 0.05) is 50.8 Å². The molecule has 2 nitrogen and oxygen atoms in total. The van der Waals surface area contributed by atoms with E-state index in [2.05, 4.69) is 123 Å². The second kappa shape index (κ2) is 17.6. The standard InChI is InChI=1S/C46H50O2S4/c1-5-9-11-31(7-3)29-47-35-17-13-33(14-18-35)39-21-23-41(51-39)43-37-25-27-50-46(37)44(38-26-28-49-45(38)43)42-24-22-40(52-42)34-15-19-36(20-16-34)48-30-32(8-4)12-10-6-2/h13-28,31-32H,5-12,29-30H2,1-4H3. The van der Waals surface area contributed by atoms with Crippen LogP contribution >= 0.6 is 45.3 Å². The van der Waals surface area contributed by atoms with Gasteiger partial charge >= 0.3 is 0 Å². The molecule has 270 valence electrons. The van der Waals surface area contributed by atoms with Crippen molar-refractivity contribution in [3.63, 3.8) is 0 Å². The molecule has 0 saturated heterocycles. The smallest absolute Gasteiger partial charge is 0.119 e. The van der Waals surface area contributed by atoms with Crippen LogP contribution in [0.5, 0.6) is 11.5 Å². The second-order valence-corrected chi connectivity index (χ2v) is 17.9. The van der Waals surface area contributed by atoms with Gasteiger partial charge in [0.2, 0.25) is 0 Å². The Morgan fingerprint density at radius 1 is 0.481 bits per heavy atom. The summed E-state index contributed by atoms with van der Waals surface area (Å²) in [6.45, 7) is 10.7. The SMILES string of the molecule is CCCCC(CC)COc1ccc(-c2ccc(-c3c4ccsc4c(-c4ccc(-c5ccc(OCC(CC)CCCC)cc5)s4)c4ccsc34)s2)cc1. The lowest BCUT2D eigenvalue weighted by Gasteiger charge is -2.15. The predicted octanol–water partition coefficient (Wildman–Crippen LogP) is 16.1. The average molecular weight is 763 g/mol. The molecular weight excluding hydrogens is 713 g/mol. The van der Waals surface area contributed by atoms with E-state index < -0.39 is 0 Å². The molecule has 0 radical (unpaired) electrons. The van der Waals surface area contributed by atoms with Crippen LogP contribution in [0, 0.1) is 11.8 Å². The molecule has 0 aliphatic rings. The summed E-state index contributed by atoms with van der Waals surface area (Å²) in [6.07, 6.45) is 9.88. The molecule has 4 heterocycles. The van der Waals surface area contributed by atoms with E-state index in [1.807, 2.05) is 45.3 Å². The molecule has 0 amide bonds. The summed E-state index contributed by atoms with van der Waals surface area (Å²) >= 11 is 7.50. The number of rotatable bonds is 18. The van der Waals surface area contributed by atoms with E-state index in [0.717, 1.165) is 24.7 Å². The van der Waals surface area contributed by atoms with E-state index in [4.69, 9.17) is 9.47 Å². The molecule has 4 aromatic heterocycles. The first kappa shape index (κ1) is 36.9. The molecule has 0 spiro atoms. The first-order valence-electron chi connectivity index (χ1n) is 19.2. The van der Waals surface area contributed by atoms with Crippen LogP contribution in [0.15, 0.2) is 95.7 Å². The lowest BCUT2D eigenvalue weighted by atomic mass is 10.0. The molecule has 3 aromatic carbocycles. The third-order valence-electron chi connectivity index (χ3n) is 10.4. The molecule has 0 N–H and O–H groups in total. The number of unbranched alkanes of at least 4 members (excludes halogenated alkanes) is 2. The minimum Gasteiger partial charge on any atom is -0.493 e. The highest BCUT2D eigenvalue weighted by Crippen LogP contribution is 2.51. The van der Waals surface area contributed by atoms with Crippen LogP contribution < -0.4 is 9.47 Å². The van der Waals surface area contributed by atoms with Gasteiger partial charge in [-0.1, -0.05) is 66.2 Å². The Hall–Kier alpha value is -3.42. The van der Waals surface area contributed by atoms with Gasteiger partial charge in [-0.15, -0.1) is 45.3 Å². The number of hydrogen-bond donors (Lipinski definition) is 0. The summed E-state index contributed by atoms with van der Waals surface area (Å²) in [5, 5.41) is 7.22. The molecule has 52 heavy (non-hydrogen) atoms. The minimum atomic E-state index is 0.632. The van der Waals surface area contributed by atoms with Crippen LogP contribution in [0.1, 0.15) is 79.1 Å². The number of ether oxygens (including phenoxy) is 2. The number of thiophene rings is 4. The Morgan fingerprint density at radius 3 is 1.27 bits per heavy atom. The zero-order valence-corrected chi connectivity index (χ0v) is 34.2. The lowest BCUT2D eigenvalue weighted by molar-refractivity contribution is 0.233. The Labute approximate surface area is 326 Å². The lowest BCUT2D eigenvalue weighted by Crippen LogP contribution is -2.11. The summed E-state index contributed by atoms with van der Waals surface area (Å²) < 4.78 is 15.2. The van der Waals surface area contributed by atoms with Crippen molar-refractivity contribution in [3.05, 3.63) is 95.7 Å². The first-order valence-corrected chi connectivity index (χ1v) is 22.6. The van der Waals surface area contributed by atoms with Crippen molar-refractivity contribution in [2.75, 3.05) is 13.2 Å². The average Bonchev–Trinajstić information content (AvgIpc) is 4.03. The molecule has 0 bridgehead atoms. The van der Waals surface area contributed by atoms with Gasteiger partial charge in [0.25, 0.3) is 0 Å². The Morgan fingerprint density at radius 2 is 0.885 bits per heavy atom. The Bertz CT molecular complexity index is 1960. The highest BCUT2D eigenvalue weighted by molar-refractivity contribution is 7.23. The summed E-state index contributed by atoms with van der Waals surface area (Å²) in [7, 11) is 0. The van der Waals surface area contributed by atoms with Gasteiger partial charge in [-0.05, 0) is 131 Å². The fourth-order valence-electron chi connectivity index (χ4n) is 7.04. The van der Waals surface area contributed by atoms with E-state index in [9.17, 15) is 0 Å². The van der Waals surface area contributed by atoms with Crippen LogP contribution in [0.4, 0.5) is 0 Å². The van der Waals surface area contributed by atoms with Crippen LogP contribution in [0.3, 0.4) is 0 Å². The van der Waals surface area contributed by atoms with Gasteiger partial charge in [-0.2, -0.15) is 0 Å². The van der Waals surface area contributed by atoms with Crippen molar-refractivity contribution in [2.45, 2.75) is 79.1 Å². The topological polar surface area (TPSA) is 18.5 Å². The molecule has 2 atom stereocenters. The van der Waals surface area contributed by atoms with E-state index >= 15 is 0 Å². The Kier molecular flexibility index (Phi) is 12.5. The van der Waals surface area contributed by atoms with E-state index in [1.165, 1.54) is 113 Å². The predicted molar refractivity (Wildman–Crippen MR) is 232 cm³/mol. The summed E-state index contributed by atoms with van der Waals surface area (Å²) in [4.78, 5) is 5.22. The molecule has 0 saturated carbocycles. The van der Waals surface area contributed by atoms with Crippen LogP contribution in [-0.4, -0.2) is 13.2 Å². The van der Waals surface area contributed by atoms with Gasteiger partial charge in [0.1, 0.15) is 11.5 Å². The van der Waals surface area contributed by atoms with Gasteiger partial charge < -0.3 is 9.47 Å². The third kappa shape index (κ3) is 8.21. The molecule has 2 unspecified atom stereocenters. The normalized spacial score (nSPS) is 12.8. The molecule has 0 aliphatic carbocycles. The van der Waals surface area contributed by atoms with Crippen molar-refractivity contribution < 1.29 is 9.47 Å². The molecule has 0 aliphatic heterocycles. The summed E-state index contributed by atoms with van der Waals surface area (Å²) in [5.74, 6) is 3.19. The maximum Gasteiger partial charge on any atom is 0.119 e. The monoisotopic (exact) mass is 762 g/mol. The van der Waals surface area contributed by atoms with Gasteiger partial charge in [0.15, 0.2) is 0 Å². The molecule has 7 aromatic rings. The highest BCUT2D eigenvalue weighted by atomic mass is 32.1. The van der Waals surface area contributed by atoms with Crippen LogP contribution in [0.2, 0.25) is 0 Å². The first-order chi connectivity index (χ1) is 25.6. The van der Waals surface area contributed by atoms with Gasteiger partial charge in [-0.3, -0.25) is 0 Å². The Balaban J connectivity index is 1.11. The number of fused-ring (bicyclic) bond motifs is 2. The van der Waals surface area contributed by atoms with Gasteiger partial charge in [0.05, 0.1) is 13.2 Å². The highest BCUT2D eigenvalue weighted by Gasteiger charge is 2.21. The maximum atomic E-state index is 6.21. The molecular formula is C46H50O2S4. The molecule has 0 fully saturated rings. The zero-order chi connectivity index (χ0) is 35.9. The summed E-state index contributed by atoms with van der Waals surface area (Å²) in [5.41, 5.74) is 5.22. The largest absolute Gasteiger partial charge is 0.493 e. The fourth-order valence-corrected chi connectivity index (χ4v) is 11.3. The van der Waals surface area contributed by atoms with Crippen molar-refractivity contribution in [2.24, 2.45) is 11.8 Å². The van der Waals surface area contributed by atoms with Crippen LogP contribution in [-0.2, 0) is 0 Å². The fraction of sp³-hybridized carbons (Fsp3) is 0.348. The molecule has 7 rings (SSSR count). The minimum absolute atomic E-state index is 0.632. The maximum absolute atomic E-state index is 6.21. The number of hydrogen-bond acceptors (Lipinski definition) is 6. The van der Waals surface area contributed by atoms with Gasteiger partial charge in [-0.25, -0.2) is 0 Å².